The standard InChI is InChI=1S/C12H14F3NO2/c1-11(6-16-7-11)18-10-4-3-8(17-2)5-9(10)12(13,14)15/h3-5,16H,6-7H2,1-2H3. The second kappa shape index (κ2) is 4.35. The summed E-state index contributed by atoms with van der Waals surface area (Å²) in [6, 6.07) is 3.70. The second-order valence-electron chi connectivity index (χ2n) is 4.52. The summed E-state index contributed by atoms with van der Waals surface area (Å²) in [5, 5.41) is 2.97. The van der Waals surface area contributed by atoms with Gasteiger partial charge in [-0.1, -0.05) is 0 Å². The van der Waals surface area contributed by atoms with Gasteiger partial charge in [-0.25, -0.2) is 0 Å². The molecule has 0 aromatic heterocycles. The number of benzene rings is 1. The van der Waals surface area contributed by atoms with Crippen molar-refractivity contribution in [3.63, 3.8) is 0 Å². The molecule has 1 N–H and O–H groups in total. The molecule has 0 unspecified atom stereocenters. The van der Waals surface area contributed by atoms with Crippen LogP contribution in [0.3, 0.4) is 0 Å². The van der Waals surface area contributed by atoms with E-state index >= 15 is 0 Å². The Hall–Kier alpha value is -1.43. The summed E-state index contributed by atoms with van der Waals surface area (Å²) < 4.78 is 49.0. The summed E-state index contributed by atoms with van der Waals surface area (Å²) in [4.78, 5) is 0. The third-order valence-corrected chi connectivity index (χ3v) is 2.85. The van der Waals surface area contributed by atoms with Gasteiger partial charge in [-0.2, -0.15) is 13.2 Å². The number of hydrogen-bond donors (Lipinski definition) is 1. The van der Waals surface area contributed by atoms with Gasteiger partial charge in [-0.15, -0.1) is 0 Å². The largest absolute Gasteiger partial charge is 0.497 e. The molecule has 1 aliphatic rings. The molecule has 1 aromatic rings. The normalized spacial score (nSPS) is 18.1. The number of hydrogen-bond acceptors (Lipinski definition) is 3. The van der Waals surface area contributed by atoms with Crippen LogP contribution in [0.25, 0.3) is 0 Å². The van der Waals surface area contributed by atoms with Crippen molar-refractivity contribution in [3.8, 4) is 11.5 Å². The van der Waals surface area contributed by atoms with Gasteiger partial charge < -0.3 is 14.8 Å². The minimum absolute atomic E-state index is 0.159. The first-order valence-electron chi connectivity index (χ1n) is 5.49. The third kappa shape index (κ3) is 2.53. The minimum Gasteiger partial charge on any atom is -0.497 e. The first kappa shape index (κ1) is 13.0. The van der Waals surface area contributed by atoms with Crippen LogP contribution in [0.1, 0.15) is 12.5 Å². The Morgan fingerprint density at radius 2 is 1.94 bits per heavy atom. The lowest BCUT2D eigenvalue weighted by atomic mass is 9.99. The molecule has 0 aliphatic carbocycles. The number of halogens is 3. The highest BCUT2D eigenvalue weighted by Crippen LogP contribution is 2.40. The van der Waals surface area contributed by atoms with E-state index in [1.807, 2.05) is 0 Å². The summed E-state index contributed by atoms with van der Waals surface area (Å²) in [6.07, 6.45) is -4.46. The van der Waals surface area contributed by atoms with Crippen molar-refractivity contribution in [3.05, 3.63) is 23.8 Å². The summed E-state index contributed by atoms with van der Waals surface area (Å²) in [5.74, 6) is -0.00105. The minimum atomic E-state index is -4.46. The van der Waals surface area contributed by atoms with Crippen molar-refractivity contribution >= 4 is 0 Å². The molecule has 1 fully saturated rings. The van der Waals surface area contributed by atoms with Crippen LogP contribution < -0.4 is 14.8 Å². The zero-order valence-corrected chi connectivity index (χ0v) is 10.1. The molecule has 0 saturated carbocycles. The molecule has 1 saturated heterocycles. The monoisotopic (exact) mass is 261 g/mol. The van der Waals surface area contributed by atoms with E-state index in [-0.39, 0.29) is 11.5 Å². The van der Waals surface area contributed by atoms with E-state index in [0.29, 0.717) is 13.1 Å². The van der Waals surface area contributed by atoms with Crippen LogP contribution in [0.5, 0.6) is 11.5 Å². The highest BCUT2D eigenvalue weighted by Gasteiger charge is 2.39. The van der Waals surface area contributed by atoms with Gasteiger partial charge in [0.2, 0.25) is 0 Å². The van der Waals surface area contributed by atoms with E-state index in [2.05, 4.69) is 5.32 Å². The fraction of sp³-hybridized carbons (Fsp3) is 0.500. The zero-order chi connectivity index (χ0) is 13.4. The quantitative estimate of drug-likeness (QED) is 0.906. The highest BCUT2D eigenvalue weighted by molar-refractivity contribution is 5.42. The van der Waals surface area contributed by atoms with E-state index in [4.69, 9.17) is 9.47 Å². The van der Waals surface area contributed by atoms with Crippen LogP contribution in [0.15, 0.2) is 18.2 Å². The van der Waals surface area contributed by atoms with Crippen LogP contribution in [-0.2, 0) is 6.18 Å². The molecule has 0 bridgehead atoms. The van der Waals surface area contributed by atoms with E-state index in [0.717, 1.165) is 6.07 Å². The van der Waals surface area contributed by atoms with Crippen molar-refractivity contribution < 1.29 is 22.6 Å². The molecule has 0 atom stereocenters. The molecule has 2 rings (SSSR count). The van der Waals surface area contributed by atoms with Crippen LogP contribution in [0, 0.1) is 0 Å². The fourth-order valence-corrected chi connectivity index (χ4v) is 1.76. The fourth-order valence-electron chi connectivity index (χ4n) is 1.76. The first-order chi connectivity index (χ1) is 8.34. The number of alkyl halides is 3. The molecule has 100 valence electrons. The van der Waals surface area contributed by atoms with E-state index in [1.54, 1.807) is 6.92 Å². The van der Waals surface area contributed by atoms with E-state index in [9.17, 15) is 13.2 Å². The lowest BCUT2D eigenvalue weighted by Crippen LogP contribution is -2.61. The topological polar surface area (TPSA) is 30.5 Å². The number of nitrogens with one attached hydrogen (secondary N) is 1. The molecule has 1 aliphatic heterocycles. The predicted octanol–water partition coefficient (Wildman–Crippen LogP) is 2.45. The molecule has 1 aromatic carbocycles. The van der Waals surface area contributed by atoms with Crippen molar-refractivity contribution in [2.24, 2.45) is 0 Å². The van der Waals surface area contributed by atoms with Crippen molar-refractivity contribution in [2.45, 2.75) is 18.7 Å². The second-order valence-corrected chi connectivity index (χ2v) is 4.52. The summed E-state index contributed by atoms with van der Waals surface area (Å²) >= 11 is 0. The SMILES string of the molecule is COc1ccc(OC2(C)CNC2)c(C(F)(F)F)c1. The summed E-state index contributed by atoms with van der Waals surface area (Å²) in [5.41, 5.74) is -1.39. The molecule has 3 nitrogen and oxygen atoms in total. The van der Waals surface area contributed by atoms with Crippen molar-refractivity contribution in [1.82, 2.24) is 5.32 Å². The third-order valence-electron chi connectivity index (χ3n) is 2.85. The number of rotatable bonds is 3. The van der Waals surface area contributed by atoms with Crippen LogP contribution in [0.2, 0.25) is 0 Å². The highest BCUT2D eigenvalue weighted by atomic mass is 19.4. The van der Waals surface area contributed by atoms with Gasteiger partial charge in [0.25, 0.3) is 0 Å². The van der Waals surface area contributed by atoms with Crippen molar-refractivity contribution in [1.29, 1.82) is 0 Å². The van der Waals surface area contributed by atoms with Crippen LogP contribution in [0.4, 0.5) is 13.2 Å². The Kier molecular flexibility index (Phi) is 3.14. The van der Waals surface area contributed by atoms with Gasteiger partial charge in [-0.3, -0.25) is 0 Å². The van der Waals surface area contributed by atoms with Crippen LogP contribution >= 0.6 is 0 Å². The first-order valence-corrected chi connectivity index (χ1v) is 5.49. The van der Waals surface area contributed by atoms with Gasteiger partial charge in [0, 0.05) is 13.1 Å². The predicted molar refractivity (Wildman–Crippen MR) is 59.9 cm³/mol. The molecule has 1 heterocycles. The Bertz CT molecular complexity index is 441. The molecule has 0 amide bonds. The maximum atomic E-state index is 12.9. The van der Waals surface area contributed by atoms with E-state index < -0.39 is 17.3 Å². The number of methoxy groups -OCH3 is 1. The summed E-state index contributed by atoms with van der Waals surface area (Å²) in [6.45, 7) is 2.85. The molecule has 0 radical (unpaired) electrons. The molecule has 6 heteroatoms. The Morgan fingerprint density at radius 3 is 2.39 bits per heavy atom. The van der Waals surface area contributed by atoms with E-state index in [1.165, 1.54) is 19.2 Å². The van der Waals surface area contributed by atoms with Crippen LogP contribution in [-0.4, -0.2) is 25.8 Å². The van der Waals surface area contributed by atoms with Gasteiger partial charge in [0.15, 0.2) is 0 Å². The summed E-state index contributed by atoms with van der Waals surface area (Å²) in [7, 11) is 1.33. The molecule has 18 heavy (non-hydrogen) atoms. The molecule has 0 spiro atoms. The average Bonchev–Trinajstić information content (AvgIpc) is 2.26. The van der Waals surface area contributed by atoms with Gasteiger partial charge in [0.05, 0.1) is 7.11 Å². The Balaban J connectivity index is 2.33. The maximum Gasteiger partial charge on any atom is 0.420 e. The lowest BCUT2D eigenvalue weighted by Gasteiger charge is -2.40. The maximum absolute atomic E-state index is 12.9. The van der Waals surface area contributed by atoms with Gasteiger partial charge >= 0.3 is 6.18 Å². The van der Waals surface area contributed by atoms with Crippen molar-refractivity contribution in [2.75, 3.05) is 20.2 Å². The number of ether oxygens (including phenoxy) is 2. The Labute approximate surface area is 103 Å². The lowest BCUT2D eigenvalue weighted by molar-refractivity contribution is -0.140. The smallest absolute Gasteiger partial charge is 0.420 e. The Morgan fingerprint density at radius 1 is 1.28 bits per heavy atom. The average molecular weight is 261 g/mol. The van der Waals surface area contributed by atoms with Gasteiger partial charge in [-0.05, 0) is 25.1 Å². The zero-order valence-electron chi connectivity index (χ0n) is 10.1. The molecular weight excluding hydrogens is 247 g/mol. The van der Waals surface area contributed by atoms with Gasteiger partial charge in [0.1, 0.15) is 22.7 Å². The molecular formula is C12H14F3NO2.